The summed E-state index contributed by atoms with van der Waals surface area (Å²) in [5, 5.41) is 2.58. The van der Waals surface area contributed by atoms with E-state index in [1.807, 2.05) is 25.1 Å². The SMILES string of the molecule is Cc1cccc(C(=O)C(Br)c2ccnc(NC(=O)OC(C)(C)C)c2)c1. The van der Waals surface area contributed by atoms with Crippen molar-refractivity contribution in [2.45, 2.75) is 38.1 Å². The number of rotatable bonds is 4. The predicted molar refractivity (Wildman–Crippen MR) is 101 cm³/mol. The van der Waals surface area contributed by atoms with Crippen molar-refractivity contribution in [1.82, 2.24) is 4.98 Å². The Labute approximate surface area is 155 Å². The lowest BCUT2D eigenvalue weighted by Crippen LogP contribution is -2.27. The number of benzene rings is 1. The molecule has 2 aromatic rings. The molecule has 0 bridgehead atoms. The van der Waals surface area contributed by atoms with Crippen molar-refractivity contribution in [2.75, 3.05) is 5.32 Å². The molecule has 1 heterocycles. The van der Waals surface area contributed by atoms with Gasteiger partial charge in [-0.3, -0.25) is 10.1 Å². The van der Waals surface area contributed by atoms with Gasteiger partial charge >= 0.3 is 6.09 Å². The number of amides is 1. The van der Waals surface area contributed by atoms with Crippen LogP contribution in [-0.2, 0) is 4.74 Å². The van der Waals surface area contributed by atoms with Crippen LogP contribution >= 0.6 is 15.9 Å². The summed E-state index contributed by atoms with van der Waals surface area (Å²) in [4.78, 5) is 28.1. The van der Waals surface area contributed by atoms with Gasteiger partial charge in [-0.25, -0.2) is 9.78 Å². The number of hydrogen-bond donors (Lipinski definition) is 1. The molecule has 0 spiro atoms. The van der Waals surface area contributed by atoms with E-state index in [0.29, 0.717) is 16.9 Å². The van der Waals surface area contributed by atoms with Gasteiger partial charge in [-0.2, -0.15) is 0 Å². The number of aryl methyl sites for hydroxylation is 1. The van der Waals surface area contributed by atoms with Gasteiger partial charge in [0.15, 0.2) is 5.78 Å². The topological polar surface area (TPSA) is 68.3 Å². The quantitative estimate of drug-likeness (QED) is 0.571. The molecule has 2 rings (SSSR count). The minimum absolute atomic E-state index is 0.0573. The van der Waals surface area contributed by atoms with E-state index < -0.39 is 16.5 Å². The Hall–Kier alpha value is -2.21. The summed E-state index contributed by atoms with van der Waals surface area (Å²) in [6.45, 7) is 7.29. The van der Waals surface area contributed by atoms with E-state index in [9.17, 15) is 9.59 Å². The van der Waals surface area contributed by atoms with Crippen molar-refractivity contribution in [3.05, 3.63) is 59.3 Å². The summed E-state index contributed by atoms with van der Waals surface area (Å²) in [7, 11) is 0. The first-order valence-electron chi connectivity index (χ1n) is 7.86. The van der Waals surface area contributed by atoms with Crippen molar-refractivity contribution < 1.29 is 14.3 Å². The molecule has 1 unspecified atom stereocenters. The highest BCUT2D eigenvalue weighted by molar-refractivity contribution is 9.09. The summed E-state index contributed by atoms with van der Waals surface area (Å²) in [5.74, 6) is 0.270. The van der Waals surface area contributed by atoms with Gasteiger partial charge in [0.2, 0.25) is 0 Å². The van der Waals surface area contributed by atoms with E-state index in [0.717, 1.165) is 5.56 Å². The zero-order valence-electron chi connectivity index (χ0n) is 14.7. The van der Waals surface area contributed by atoms with Crippen LogP contribution in [0.5, 0.6) is 0 Å². The summed E-state index contributed by atoms with van der Waals surface area (Å²) in [5.41, 5.74) is 1.75. The lowest BCUT2D eigenvalue weighted by molar-refractivity contribution is 0.0635. The molecule has 132 valence electrons. The molecule has 0 saturated carbocycles. The van der Waals surface area contributed by atoms with E-state index in [1.165, 1.54) is 0 Å². The Morgan fingerprint density at radius 2 is 1.92 bits per heavy atom. The van der Waals surface area contributed by atoms with Crippen LogP contribution in [0.2, 0.25) is 0 Å². The second-order valence-electron chi connectivity index (χ2n) is 6.70. The van der Waals surface area contributed by atoms with Crippen molar-refractivity contribution in [2.24, 2.45) is 0 Å². The number of alkyl halides is 1. The third kappa shape index (κ3) is 5.67. The van der Waals surface area contributed by atoms with Crippen LogP contribution in [0.4, 0.5) is 10.6 Å². The van der Waals surface area contributed by atoms with Gasteiger partial charge in [0.25, 0.3) is 0 Å². The molecule has 6 heteroatoms. The summed E-state index contributed by atoms with van der Waals surface area (Å²) >= 11 is 3.44. The third-order valence-corrected chi connectivity index (χ3v) is 4.18. The molecule has 1 atom stereocenters. The van der Waals surface area contributed by atoms with Crippen LogP contribution in [0, 0.1) is 6.92 Å². The van der Waals surface area contributed by atoms with Gasteiger partial charge in [-0.05, 0) is 51.5 Å². The van der Waals surface area contributed by atoms with Crippen molar-refractivity contribution in [3.63, 3.8) is 0 Å². The Balaban J connectivity index is 2.14. The average Bonchev–Trinajstić information content (AvgIpc) is 2.52. The third-order valence-electron chi connectivity index (χ3n) is 3.24. The highest BCUT2D eigenvalue weighted by atomic mass is 79.9. The molecule has 1 amide bonds. The van der Waals surface area contributed by atoms with E-state index in [-0.39, 0.29) is 5.78 Å². The molecule has 0 radical (unpaired) electrons. The Kier molecular flexibility index (Phi) is 5.95. The minimum Gasteiger partial charge on any atom is -0.444 e. The summed E-state index contributed by atoms with van der Waals surface area (Å²) in [6.07, 6.45) is 0.952. The number of carbonyl (C=O) groups is 2. The lowest BCUT2D eigenvalue weighted by atomic mass is 10.0. The highest BCUT2D eigenvalue weighted by Crippen LogP contribution is 2.28. The number of pyridine rings is 1. The monoisotopic (exact) mass is 404 g/mol. The number of ether oxygens (including phenoxy) is 1. The second-order valence-corrected chi connectivity index (χ2v) is 7.61. The van der Waals surface area contributed by atoms with E-state index >= 15 is 0 Å². The largest absolute Gasteiger partial charge is 0.444 e. The second kappa shape index (κ2) is 7.78. The van der Waals surface area contributed by atoms with Crippen LogP contribution in [0.1, 0.15) is 47.1 Å². The Morgan fingerprint density at radius 3 is 2.56 bits per heavy atom. The van der Waals surface area contributed by atoms with Gasteiger partial charge in [-0.1, -0.05) is 39.7 Å². The molecular formula is C19H21BrN2O3. The fourth-order valence-corrected chi connectivity index (χ4v) is 2.73. The molecule has 5 nitrogen and oxygen atoms in total. The molecule has 0 fully saturated rings. The molecule has 1 N–H and O–H groups in total. The number of anilines is 1. The minimum atomic E-state index is -0.596. The molecule has 25 heavy (non-hydrogen) atoms. The van der Waals surface area contributed by atoms with Crippen molar-refractivity contribution in [1.29, 1.82) is 0 Å². The van der Waals surface area contributed by atoms with Gasteiger partial charge in [-0.15, -0.1) is 0 Å². The first-order valence-corrected chi connectivity index (χ1v) is 8.78. The van der Waals surface area contributed by atoms with Gasteiger partial charge < -0.3 is 4.74 Å². The standard InChI is InChI=1S/C19H21BrN2O3/c1-12-6-5-7-14(10-12)17(23)16(20)13-8-9-21-15(11-13)22-18(24)25-19(2,3)4/h5-11,16H,1-4H3,(H,21,22,24). The van der Waals surface area contributed by atoms with Crippen LogP contribution < -0.4 is 5.32 Å². The number of halogens is 1. The number of ketones is 1. The number of aromatic nitrogens is 1. The normalized spacial score (nSPS) is 12.4. The zero-order valence-corrected chi connectivity index (χ0v) is 16.3. The van der Waals surface area contributed by atoms with Crippen molar-refractivity contribution in [3.8, 4) is 0 Å². The Bertz CT molecular complexity index is 784. The Morgan fingerprint density at radius 1 is 1.20 bits per heavy atom. The molecule has 1 aromatic heterocycles. The van der Waals surface area contributed by atoms with Gasteiger partial charge in [0, 0.05) is 11.8 Å². The van der Waals surface area contributed by atoms with Gasteiger partial charge in [0.05, 0.1) is 0 Å². The van der Waals surface area contributed by atoms with E-state index in [2.05, 4.69) is 26.2 Å². The first-order chi connectivity index (χ1) is 11.7. The van der Waals surface area contributed by atoms with Crippen LogP contribution in [-0.4, -0.2) is 22.5 Å². The maximum absolute atomic E-state index is 12.6. The number of nitrogens with zero attached hydrogens (tertiary/aromatic N) is 1. The molecule has 0 aliphatic carbocycles. The van der Waals surface area contributed by atoms with Crippen LogP contribution in [0.15, 0.2) is 42.6 Å². The molecule has 1 aromatic carbocycles. The first kappa shape index (κ1) is 19.1. The average molecular weight is 405 g/mol. The van der Waals surface area contributed by atoms with Crippen molar-refractivity contribution >= 4 is 33.6 Å². The number of carbonyl (C=O) groups excluding carboxylic acids is 2. The summed E-state index contributed by atoms with van der Waals surface area (Å²) < 4.78 is 5.20. The maximum Gasteiger partial charge on any atom is 0.413 e. The van der Waals surface area contributed by atoms with Crippen LogP contribution in [0.3, 0.4) is 0 Å². The summed E-state index contributed by atoms with van der Waals surface area (Å²) in [6, 6.07) is 10.8. The van der Waals surface area contributed by atoms with Crippen LogP contribution in [0.25, 0.3) is 0 Å². The molecule has 0 aliphatic heterocycles. The predicted octanol–water partition coefficient (Wildman–Crippen LogP) is 5.06. The lowest BCUT2D eigenvalue weighted by Gasteiger charge is -2.19. The number of hydrogen-bond acceptors (Lipinski definition) is 4. The zero-order chi connectivity index (χ0) is 18.6. The van der Waals surface area contributed by atoms with Gasteiger partial charge in [0.1, 0.15) is 16.2 Å². The highest BCUT2D eigenvalue weighted by Gasteiger charge is 2.21. The van der Waals surface area contributed by atoms with E-state index in [1.54, 1.807) is 45.2 Å². The number of nitrogens with one attached hydrogen (secondary N) is 1. The smallest absolute Gasteiger partial charge is 0.413 e. The molecule has 0 aliphatic rings. The molecule has 0 saturated heterocycles. The van der Waals surface area contributed by atoms with E-state index in [4.69, 9.17) is 4.74 Å². The fraction of sp³-hybridized carbons (Fsp3) is 0.316. The maximum atomic E-state index is 12.6. The molecular weight excluding hydrogens is 384 g/mol. The number of Topliss-reactive ketones (excluding diaryl/α,β-unsaturated/α-hetero) is 1. The fourth-order valence-electron chi connectivity index (χ4n) is 2.18.